The molecule has 2 aromatic rings. The Labute approximate surface area is 166 Å². The predicted molar refractivity (Wildman–Crippen MR) is 109 cm³/mol. The van der Waals surface area contributed by atoms with Crippen molar-refractivity contribution in [3.8, 4) is 11.3 Å². The van der Waals surface area contributed by atoms with Crippen molar-refractivity contribution in [2.24, 2.45) is 11.8 Å². The summed E-state index contributed by atoms with van der Waals surface area (Å²) < 4.78 is 12.1. The molecule has 6 heteroatoms. The average Bonchev–Trinajstić information content (AvgIpc) is 3.27. The molecule has 1 aromatic carbocycles. The second kappa shape index (κ2) is 7.80. The summed E-state index contributed by atoms with van der Waals surface area (Å²) in [6.07, 6.45) is 5.04. The van der Waals surface area contributed by atoms with E-state index in [1.807, 2.05) is 18.2 Å². The maximum atomic E-state index is 6.43. The first-order valence-corrected chi connectivity index (χ1v) is 11.4. The normalized spacial score (nSPS) is 28.8. The molecular formula is C20H24Cl2NO2P. The highest BCUT2D eigenvalue weighted by Crippen LogP contribution is 2.55. The van der Waals surface area contributed by atoms with Crippen molar-refractivity contribution < 1.29 is 9.26 Å². The number of hydrogen-bond acceptors (Lipinski definition) is 3. The Morgan fingerprint density at radius 3 is 2.65 bits per heavy atom. The van der Waals surface area contributed by atoms with E-state index in [0.717, 1.165) is 43.5 Å². The summed E-state index contributed by atoms with van der Waals surface area (Å²) in [6.45, 7) is 5.09. The van der Waals surface area contributed by atoms with E-state index >= 15 is 0 Å². The van der Waals surface area contributed by atoms with Gasteiger partial charge in [-0.3, -0.25) is 0 Å². The van der Waals surface area contributed by atoms with E-state index in [1.54, 1.807) is 0 Å². The number of aromatic nitrogens is 1. The molecule has 26 heavy (non-hydrogen) atoms. The van der Waals surface area contributed by atoms with Crippen LogP contribution in [-0.4, -0.2) is 17.4 Å². The molecule has 5 unspecified atom stereocenters. The van der Waals surface area contributed by atoms with E-state index in [1.165, 1.54) is 19.0 Å². The van der Waals surface area contributed by atoms with Crippen LogP contribution in [-0.2, 0) is 11.3 Å². The highest BCUT2D eigenvalue weighted by molar-refractivity contribution is 7.47. The smallest absolute Gasteiger partial charge is 0.150 e. The van der Waals surface area contributed by atoms with Crippen molar-refractivity contribution in [3.63, 3.8) is 0 Å². The lowest BCUT2D eigenvalue weighted by atomic mass is 10.0. The van der Waals surface area contributed by atoms with Gasteiger partial charge in [0.15, 0.2) is 0 Å². The minimum Gasteiger partial charge on any atom is -0.373 e. The van der Waals surface area contributed by atoms with Crippen LogP contribution in [0.3, 0.4) is 0 Å². The van der Waals surface area contributed by atoms with Gasteiger partial charge in [0.05, 0.1) is 22.8 Å². The lowest BCUT2D eigenvalue weighted by Crippen LogP contribution is -2.17. The zero-order chi connectivity index (χ0) is 18.3. The average molecular weight is 412 g/mol. The molecule has 3 nitrogen and oxygen atoms in total. The Morgan fingerprint density at radius 1 is 1.27 bits per heavy atom. The predicted octanol–water partition coefficient (Wildman–Crippen LogP) is 6.72. The van der Waals surface area contributed by atoms with E-state index < -0.39 is 0 Å². The molecule has 1 aliphatic heterocycles. The zero-order valence-corrected chi connectivity index (χ0v) is 17.6. The molecule has 1 aliphatic carbocycles. The lowest BCUT2D eigenvalue weighted by molar-refractivity contribution is 0.0136. The fourth-order valence-electron chi connectivity index (χ4n) is 4.08. The van der Waals surface area contributed by atoms with Gasteiger partial charge in [0.25, 0.3) is 0 Å². The van der Waals surface area contributed by atoms with Crippen LogP contribution in [0, 0.1) is 11.8 Å². The minimum absolute atomic E-state index is 0.314. The van der Waals surface area contributed by atoms with E-state index in [4.69, 9.17) is 32.5 Å². The quantitative estimate of drug-likeness (QED) is 0.494. The number of halogens is 2. The van der Waals surface area contributed by atoms with Crippen LogP contribution >= 0.6 is 31.8 Å². The first-order valence-electron chi connectivity index (χ1n) is 9.36. The van der Waals surface area contributed by atoms with Gasteiger partial charge in [0.1, 0.15) is 11.5 Å². The molecule has 140 valence electrons. The number of ether oxygens (including phenoxy) is 1. The summed E-state index contributed by atoms with van der Waals surface area (Å²) in [5, 5.41) is 5.54. The Balaban J connectivity index is 1.63. The molecule has 0 amide bonds. The van der Waals surface area contributed by atoms with E-state index in [9.17, 15) is 0 Å². The first-order chi connectivity index (χ1) is 12.6. The monoisotopic (exact) mass is 411 g/mol. The summed E-state index contributed by atoms with van der Waals surface area (Å²) in [4.78, 5) is 0. The second-order valence-corrected chi connectivity index (χ2v) is 9.85. The second-order valence-electron chi connectivity index (χ2n) is 7.53. The van der Waals surface area contributed by atoms with Gasteiger partial charge >= 0.3 is 0 Å². The van der Waals surface area contributed by atoms with Crippen LogP contribution in [0.2, 0.25) is 10.0 Å². The van der Waals surface area contributed by atoms with Crippen molar-refractivity contribution in [2.45, 2.75) is 51.5 Å². The minimum atomic E-state index is 0.314. The van der Waals surface area contributed by atoms with Crippen LogP contribution in [0.15, 0.2) is 22.7 Å². The summed E-state index contributed by atoms with van der Waals surface area (Å²) in [5.41, 5.74) is 3.01. The molecule has 2 aliphatic rings. The van der Waals surface area contributed by atoms with Crippen LogP contribution in [0.25, 0.3) is 11.3 Å². The highest BCUT2D eigenvalue weighted by Gasteiger charge is 2.35. The van der Waals surface area contributed by atoms with E-state index in [-0.39, 0.29) is 0 Å². The summed E-state index contributed by atoms with van der Waals surface area (Å²) in [6, 6.07) is 5.53. The Hall–Kier alpha value is -0.600. The molecular weight excluding hydrogens is 388 g/mol. The van der Waals surface area contributed by atoms with E-state index in [0.29, 0.717) is 34.3 Å². The van der Waals surface area contributed by atoms with Crippen molar-refractivity contribution in [1.29, 1.82) is 0 Å². The van der Waals surface area contributed by atoms with Crippen LogP contribution < -0.4 is 0 Å². The van der Waals surface area contributed by atoms with Crippen molar-refractivity contribution in [2.75, 3.05) is 6.16 Å². The number of nitrogens with zero attached hydrogens (tertiary/aromatic N) is 1. The van der Waals surface area contributed by atoms with Gasteiger partial charge in [0.2, 0.25) is 0 Å². The molecule has 0 N–H and O–H groups in total. The molecule has 0 bridgehead atoms. The number of rotatable bonds is 6. The van der Waals surface area contributed by atoms with Gasteiger partial charge in [-0.1, -0.05) is 54.7 Å². The zero-order valence-electron chi connectivity index (χ0n) is 15.1. The van der Waals surface area contributed by atoms with Crippen molar-refractivity contribution in [1.82, 2.24) is 5.16 Å². The Kier molecular flexibility index (Phi) is 5.62. The maximum Gasteiger partial charge on any atom is 0.150 e. The third kappa shape index (κ3) is 3.69. The molecule has 1 aromatic heterocycles. The maximum absolute atomic E-state index is 6.43. The molecule has 0 spiro atoms. The van der Waals surface area contributed by atoms with Crippen LogP contribution in [0.5, 0.6) is 0 Å². The molecule has 5 atom stereocenters. The largest absolute Gasteiger partial charge is 0.373 e. The van der Waals surface area contributed by atoms with Gasteiger partial charge in [-0.15, -0.1) is 8.58 Å². The Bertz CT molecular complexity index is 770. The molecule has 1 saturated carbocycles. The number of benzene rings is 1. The topological polar surface area (TPSA) is 35.3 Å². The summed E-state index contributed by atoms with van der Waals surface area (Å²) in [5.74, 6) is 2.34. The van der Waals surface area contributed by atoms with Crippen LogP contribution in [0.1, 0.15) is 50.1 Å². The van der Waals surface area contributed by atoms with Gasteiger partial charge in [0, 0.05) is 16.8 Å². The first kappa shape index (κ1) is 18.7. The third-order valence-electron chi connectivity index (χ3n) is 5.57. The standard InChI is InChI=1S/C20H24Cl2NO2P/c1-3-12-7-11(2)8-16(12)24-9-13-19(23-25-20(13)17-10-26-17)18-14(21)5-4-6-15(18)22/h4-6,11-12,16-17,26H,3,7-10H2,1-2H3. The molecule has 2 heterocycles. The van der Waals surface area contributed by atoms with Crippen molar-refractivity contribution >= 4 is 31.8 Å². The fourth-order valence-corrected chi connectivity index (χ4v) is 5.37. The van der Waals surface area contributed by atoms with Crippen molar-refractivity contribution in [3.05, 3.63) is 39.6 Å². The van der Waals surface area contributed by atoms with Gasteiger partial charge in [-0.2, -0.15) is 0 Å². The van der Waals surface area contributed by atoms with E-state index in [2.05, 4.69) is 19.0 Å². The van der Waals surface area contributed by atoms with Gasteiger partial charge in [-0.05, 0) is 43.0 Å². The summed E-state index contributed by atoms with van der Waals surface area (Å²) in [7, 11) is 0.911. The summed E-state index contributed by atoms with van der Waals surface area (Å²) >= 11 is 12.9. The molecule has 0 radical (unpaired) electrons. The number of hydrogen-bond donors (Lipinski definition) is 0. The fraction of sp³-hybridized carbons (Fsp3) is 0.550. The van der Waals surface area contributed by atoms with Gasteiger partial charge in [-0.25, -0.2) is 0 Å². The van der Waals surface area contributed by atoms with Gasteiger partial charge < -0.3 is 9.26 Å². The SMILES string of the molecule is CCC1CC(C)CC1OCc1c(-c2c(Cl)cccc2Cl)noc1C1CP1. The molecule has 4 rings (SSSR count). The molecule has 1 saturated heterocycles. The molecule has 2 fully saturated rings. The van der Waals surface area contributed by atoms with Crippen LogP contribution in [0.4, 0.5) is 0 Å². The lowest BCUT2D eigenvalue weighted by Gasteiger charge is -2.19. The third-order valence-corrected chi connectivity index (χ3v) is 7.28. The Morgan fingerprint density at radius 2 is 2.00 bits per heavy atom. The highest BCUT2D eigenvalue weighted by atomic mass is 35.5.